The first-order chi connectivity index (χ1) is 9.66. The van der Waals surface area contributed by atoms with Crippen LogP contribution in [0.25, 0.3) is 0 Å². The van der Waals surface area contributed by atoms with E-state index in [4.69, 9.17) is 0 Å². The van der Waals surface area contributed by atoms with Gasteiger partial charge in [0, 0.05) is 13.0 Å². The van der Waals surface area contributed by atoms with Gasteiger partial charge < -0.3 is 4.57 Å². The van der Waals surface area contributed by atoms with E-state index in [1.807, 2.05) is 11.6 Å². The number of halogens is 1. The fourth-order valence-corrected chi connectivity index (χ4v) is 3.50. The molecule has 0 bridgehead atoms. The van der Waals surface area contributed by atoms with Crippen LogP contribution in [0, 0.1) is 5.82 Å². The van der Waals surface area contributed by atoms with Crippen LogP contribution in [0.4, 0.5) is 4.39 Å². The highest BCUT2D eigenvalue weighted by atomic mass is 32.2. The van der Waals surface area contributed by atoms with E-state index >= 15 is 0 Å². The van der Waals surface area contributed by atoms with Crippen molar-refractivity contribution in [1.82, 2.24) is 14.8 Å². The molecule has 0 spiro atoms. The van der Waals surface area contributed by atoms with E-state index in [2.05, 4.69) is 10.2 Å². The van der Waals surface area contributed by atoms with Crippen molar-refractivity contribution in [2.24, 2.45) is 7.05 Å². The molecular formula is C14H16FN3OS. The zero-order valence-corrected chi connectivity index (χ0v) is 12.1. The average Bonchev–Trinajstić information content (AvgIpc) is 2.70. The summed E-state index contributed by atoms with van der Waals surface area (Å²) in [7, 11) is 0.452. The third kappa shape index (κ3) is 2.40. The van der Waals surface area contributed by atoms with Crippen LogP contribution in [-0.2, 0) is 23.6 Å². The summed E-state index contributed by atoms with van der Waals surface area (Å²) in [6, 6.07) is 6.15. The van der Waals surface area contributed by atoms with Gasteiger partial charge in [0.2, 0.25) is 0 Å². The maximum absolute atomic E-state index is 13.6. The summed E-state index contributed by atoms with van der Waals surface area (Å²) in [5.74, 6) is 1.83. The third-order valence-electron chi connectivity index (χ3n) is 3.81. The van der Waals surface area contributed by atoms with Crippen LogP contribution in [0.3, 0.4) is 0 Å². The van der Waals surface area contributed by atoms with Gasteiger partial charge in [-0.1, -0.05) is 18.6 Å². The lowest BCUT2D eigenvalue weighted by Crippen LogP contribution is -2.15. The minimum atomic E-state index is -1.44. The molecule has 106 valence electrons. The molecule has 1 heterocycles. The first kappa shape index (κ1) is 13.4. The normalized spacial score (nSPS) is 16.9. The molecule has 0 aliphatic heterocycles. The molecule has 4 nitrogen and oxygen atoms in total. The second-order valence-corrected chi connectivity index (χ2v) is 6.50. The molecule has 1 aliphatic rings. The van der Waals surface area contributed by atoms with E-state index in [-0.39, 0.29) is 10.6 Å². The van der Waals surface area contributed by atoms with Crippen LogP contribution in [0.5, 0.6) is 0 Å². The monoisotopic (exact) mass is 293 g/mol. The summed E-state index contributed by atoms with van der Waals surface area (Å²) < 4.78 is 27.7. The maximum atomic E-state index is 13.6. The number of aromatic nitrogens is 3. The maximum Gasteiger partial charge on any atom is 0.145 e. The van der Waals surface area contributed by atoms with Crippen molar-refractivity contribution in [3.8, 4) is 0 Å². The lowest BCUT2D eigenvalue weighted by atomic mass is 9.85. The molecule has 1 unspecified atom stereocenters. The van der Waals surface area contributed by atoms with Gasteiger partial charge in [0.25, 0.3) is 0 Å². The smallest absolute Gasteiger partial charge is 0.145 e. The van der Waals surface area contributed by atoms with E-state index in [0.717, 1.165) is 18.7 Å². The lowest BCUT2D eigenvalue weighted by molar-refractivity contribution is 0.391. The fourth-order valence-electron chi connectivity index (χ4n) is 2.35. The predicted molar refractivity (Wildman–Crippen MR) is 74.1 cm³/mol. The molecule has 0 N–H and O–H groups in total. The van der Waals surface area contributed by atoms with Gasteiger partial charge in [0.05, 0.1) is 21.4 Å². The van der Waals surface area contributed by atoms with Gasteiger partial charge in [-0.3, -0.25) is 4.21 Å². The minimum absolute atomic E-state index is 0.192. The molecule has 0 radical (unpaired) electrons. The molecule has 0 amide bonds. The largest absolute Gasteiger partial charge is 0.317 e. The quantitative estimate of drug-likeness (QED) is 0.870. The van der Waals surface area contributed by atoms with Gasteiger partial charge in [0.1, 0.15) is 17.5 Å². The molecular weight excluding hydrogens is 277 g/mol. The summed E-state index contributed by atoms with van der Waals surface area (Å²) in [5, 5.41) is 8.30. The number of nitrogens with zero attached hydrogens (tertiary/aromatic N) is 3. The SMILES string of the molecule is Cn1c(CS(=O)c2ccccc2F)nnc1C1CCC1. The van der Waals surface area contributed by atoms with Gasteiger partial charge in [-0.05, 0) is 25.0 Å². The van der Waals surface area contributed by atoms with Crippen molar-refractivity contribution in [1.29, 1.82) is 0 Å². The summed E-state index contributed by atoms with van der Waals surface area (Å²) in [4.78, 5) is 0.223. The molecule has 0 saturated heterocycles. The highest BCUT2D eigenvalue weighted by Crippen LogP contribution is 2.35. The Hall–Kier alpha value is -1.56. The number of hydrogen-bond donors (Lipinski definition) is 0. The summed E-state index contributed by atoms with van der Waals surface area (Å²) in [5.41, 5.74) is 0. The molecule has 2 aromatic rings. The molecule has 1 aliphatic carbocycles. The van der Waals surface area contributed by atoms with E-state index in [1.165, 1.54) is 12.5 Å². The van der Waals surface area contributed by atoms with Crippen LogP contribution < -0.4 is 0 Å². The molecule has 1 aromatic heterocycles. The molecule has 3 rings (SSSR count). The molecule has 1 fully saturated rings. The fraction of sp³-hybridized carbons (Fsp3) is 0.429. The second kappa shape index (κ2) is 5.44. The van der Waals surface area contributed by atoms with E-state index < -0.39 is 16.6 Å². The Balaban J connectivity index is 1.79. The molecule has 1 atom stereocenters. The zero-order valence-electron chi connectivity index (χ0n) is 11.3. The second-order valence-electron chi connectivity index (χ2n) is 5.08. The van der Waals surface area contributed by atoms with Gasteiger partial charge in [-0.25, -0.2) is 4.39 Å². The van der Waals surface area contributed by atoms with E-state index in [0.29, 0.717) is 11.7 Å². The summed E-state index contributed by atoms with van der Waals surface area (Å²) >= 11 is 0. The van der Waals surface area contributed by atoms with Crippen LogP contribution in [0.2, 0.25) is 0 Å². The van der Waals surface area contributed by atoms with Crippen molar-refractivity contribution >= 4 is 10.8 Å². The first-order valence-corrected chi connectivity index (χ1v) is 8.00. The van der Waals surface area contributed by atoms with E-state index in [1.54, 1.807) is 18.2 Å². The minimum Gasteiger partial charge on any atom is -0.317 e. The molecule has 20 heavy (non-hydrogen) atoms. The Bertz CT molecular complexity index is 652. The lowest BCUT2D eigenvalue weighted by Gasteiger charge is -2.24. The van der Waals surface area contributed by atoms with Crippen molar-refractivity contribution in [2.45, 2.75) is 35.8 Å². The Kier molecular flexibility index (Phi) is 3.65. The summed E-state index contributed by atoms with van der Waals surface area (Å²) in [6.45, 7) is 0. The van der Waals surface area contributed by atoms with Crippen molar-refractivity contribution in [3.63, 3.8) is 0 Å². The van der Waals surface area contributed by atoms with Crippen molar-refractivity contribution in [2.75, 3.05) is 0 Å². The average molecular weight is 293 g/mol. The predicted octanol–water partition coefficient (Wildman–Crippen LogP) is 2.53. The Morgan fingerprint density at radius 2 is 2.10 bits per heavy atom. The third-order valence-corrected chi connectivity index (χ3v) is 5.15. The first-order valence-electron chi connectivity index (χ1n) is 6.68. The van der Waals surface area contributed by atoms with Crippen LogP contribution in [0.1, 0.15) is 36.8 Å². The topological polar surface area (TPSA) is 47.8 Å². The zero-order chi connectivity index (χ0) is 14.1. The number of hydrogen-bond acceptors (Lipinski definition) is 3. The number of benzene rings is 1. The number of rotatable bonds is 4. The standard InChI is InChI=1S/C14H16FN3OS/c1-18-13(16-17-14(18)10-5-4-6-10)9-20(19)12-8-3-2-7-11(12)15/h2-3,7-8,10H,4-6,9H2,1H3. The van der Waals surface area contributed by atoms with E-state index in [9.17, 15) is 8.60 Å². The van der Waals surface area contributed by atoms with Crippen molar-refractivity contribution < 1.29 is 8.60 Å². The molecule has 6 heteroatoms. The van der Waals surface area contributed by atoms with Crippen LogP contribution in [0.15, 0.2) is 29.2 Å². The molecule has 1 saturated carbocycles. The van der Waals surface area contributed by atoms with Crippen LogP contribution in [-0.4, -0.2) is 19.0 Å². The van der Waals surface area contributed by atoms with Gasteiger partial charge in [-0.2, -0.15) is 0 Å². The Morgan fingerprint density at radius 3 is 2.75 bits per heavy atom. The van der Waals surface area contributed by atoms with Crippen LogP contribution >= 0.6 is 0 Å². The van der Waals surface area contributed by atoms with Gasteiger partial charge >= 0.3 is 0 Å². The van der Waals surface area contributed by atoms with Gasteiger partial charge in [0.15, 0.2) is 0 Å². The molecule has 1 aromatic carbocycles. The Labute approximate surface area is 119 Å². The summed E-state index contributed by atoms with van der Waals surface area (Å²) in [6.07, 6.45) is 3.51. The van der Waals surface area contributed by atoms with Gasteiger partial charge in [-0.15, -0.1) is 10.2 Å². The Morgan fingerprint density at radius 1 is 1.35 bits per heavy atom. The highest BCUT2D eigenvalue weighted by Gasteiger charge is 2.25. The highest BCUT2D eigenvalue weighted by molar-refractivity contribution is 7.84. The van der Waals surface area contributed by atoms with Crippen molar-refractivity contribution in [3.05, 3.63) is 41.7 Å².